The highest BCUT2D eigenvalue weighted by Gasteiger charge is 2.90. The molecule has 0 N–H and O–H groups in total. The van der Waals surface area contributed by atoms with Gasteiger partial charge in [-0.3, -0.25) is 0 Å². The Bertz CT molecular complexity index is 643. The largest absolute Gasteiger partial charge is 0.391 e. The molecule has 0 saturated heterocycles. The summed E-state index contributed by atoms with van der Waals surface area (Å²) >= 11 is 25.2. The van der Waals surface area contributed by atoms with Gasteiger partial charge in [-0.1, -0.05) is 88.8 Å². The van der Waals surface area contributed by atoms with Gasteiger partial charge in [0.1, 0.15) is 6.10 Å². The quantitative estimate of drug-likeness (QED) is 0.697. The monoisotopic (exact) mass is 363 g/mol. The molecule has 2 saturated carbocycles. The van der Waals surface area contributed by atoms with Crippen molar-refractivity contribution in [2.24, 2.45) is 16.5 Å². The SMILES string of the molecule is CC1(C2=NO[C@H]3[C@@H]2[C@]3(C)c2ccccc2)C(Cl)(Cl)C1(Cl)Cl. The van der Waals surface area contributed by atoms with Gasteiger partial charge in [-0.25, -0.2) is 0 Å². The van der Waals surface area contributed by atoms with Crippen LogP contribution in [0.25, 0.3) is 0 Å². The highest BCUT2D eigenvalue weighted by molar-refractivity contribution is 6.71. The Labute approximate surface area is 143 Å². The van der Waals surface area contributed by atoms with E-state index in [4.69, 9.17) is 51.2 Å². The van der Waals surface area contributed by atoms with Crippen LogP contribution in [0, 0.1) is 11.3 Å². The van der Waals surface area contributed by atoms with Crippen molar-refractivity contribution in [2.45, 2.75) is 34.0 Å². The first kappa shape index (κ1) is 14.4. The molecule has 3 atom stereocenters. The lowest BCUT2D eigenvalue weighted by Gasteiger charge is -2.18. The van der Waals surface area contributed by atoms with Gasteiger partial charge in [0.05, 0.1) is 17.0 Å². The predicted octanol–water partition coefficient (Wildman–Crippen LogP) is 4.70. The van der Waals surface area contributed by atoms with E-state index in [0.717, 1.165) is 5.71 Å². The van der Waals surface area contributed by atoms with Crippen LogP contribution in [-0.4, -0.2) is 20.5 Å². The van der Waals surface area contributed by atoms with Crippen molar-refractivity contribution in [3.8, 4) is 0 Å². The van der Waals surface area contributed by atoms with Crippen molar-refractivity contribution < 1.29 is 4.84 Å². The molecule has 1 aliphatic heterocycles. The molecule has 0 unspecified atom stereocenters. The zero-order valence-corrected chi connectivity index (χ0v) is 14.4. The molecule has 0 aromatic heterocycles. The van der Waals surface area contributed by atoms with Gasteiger partial charge in [-0.2, -0.15) is 0 Å². The lowest BCUT2D eigenvalue weighted by atomic mass is 9.89. The number of hydrogen-bond donors (Lipinski definition) is 0. The van der Waals surface area contributed by atoms with Crippen LogP contribution in [0.5, 0.6) is 0 Å². The molecule has 0 bridgehead atoms. The Kier molecular flexibility index (Phi) is 2.64. The molecule has 21 heavy (non-hydrogen) atoms. The Morgan fingerprint density at radius 3 is 2.10 bits per heavy atom. The van der Waals surface area contributed by atoms with Gasteiger partial charge in [0, 0.05) is 5.41 Å². The first-order valence-corrected chi connectivity index (χ1v) is 8.27. The summed E-state index contributed by atoms with van der Waals surface area (Å²) in [5.74, 6) is 0.112. The lowest BCUT2D eigenvalue weighted by Crippen LogP contribution is -2.25. The highest BCUT2D eigenvalue weighted by Crippen LogP contribution is 2.81. The summed E-state index contributed by atoms with van der Waals surface area (Å²) in [7, 11) is 0. The first-order valence-electron chi connectivity index (χ1n) is 6.76. The van der Waals surface area contributed by atoms with Crippen molar-refractivity contribution in [3.63, 3.8) is 0 Å². The van der Waals surface area contributed by atoms with Crippen LogP contribution >= 0.6 is 46.4 Å². The third-order valence-electron chi connectivity index (χ3n) is 5.49. The molecule has 2 aliphatic carbocycles. The minimum absolute atomic E-state index is 0.000548. The summed E-state index contributed by atoms with van der Waals surface area (Å²) < 4.78 is -2.50. The fourth-order valence-electron chi connectivity index (χ4n) is 3.65. The van der Waals surface area contributed by atoms with E-state index in [1.807, 2.05) is 25.1 Å². The second kappa shape index (κ2) is 3.84. The summed E-state index contributed by atoms with van der Waals surface area (Å²) in [4.78, 5) is 5.62. The van der Waals surface area contributed by atoms with Crippen LogP contribution in [0.1, 0.15) is 19.4 Å². The molecule has 112 valence electrons. The van der Waals surface area contributed by atoms with Crippen molar-refractivity contribution in [2.75, 3.05) is 0 Å². The maximum atomic E-state index is 6.31. The number of rotatable bonds is 2. The van der Waals surface area contributed by atoms with Crippen molar-refractivity contribution >= 4 is 52.1 Å². The molecular formula is C15H13Cl4NO. The summed E-state index contributed by atoms with van der Waals surface area (Å²) in [5.41, 5.74) is 1.06. The summed E-state index contributed by atoms with van der Waals surface area (Å²) in [6.07, 6.45) is 0.000548. The Balaban J connectivity index is 1.71. The molecule has 1 aromatic rings. The van der Waals surface area contributed by atoms with E-state index in [-0.39, 0.29) is 17.4 Å². The van der Waals surface area contributed by atoms with E-state index in [1.54, 1.807) is 0 Å². The van der Waals surface area contributed by atoms with Crippen LogP contribution in [0.15, 0.2) is 35.5 Å². The number of alkyl halides is 4. The normalized spacial score (nSPS) is 40.0. The average molecular weight is 365 g/mol. The molecule has 0 radical (unpaired) electrons. The third kappa shape index (κ3) is 1.37. The van der Waals surface area contributed by atoms with Gasteiger partial charge < -0.3 is 4.84 Å². The summed E-state index contributed by atoms with van der Waals surface area (Å²) in [6.45, 7) is 4.01. The molecule has 0 amide bonds. The van der Waals surface area contributed by atoms with Crippen molar-refractivity contribution in [3.05, 3.63) is 35.9 Å². The number of oxime groups is 1. The standard InChI is InChI=1S/C15H13Cl4NO/c1-12(8-6-4-3-5-7-8)9-10(20-21-11(9)12)13(2)14(16,17)15(13,18)19/h3-7,9,11H,1-2H3/t9-,11+,12+/m1/s1. The fraction of sp³-hybridized carbons (Fsp3) is 0.533. The average Bonchev–Trinajstić information content (AvgIpc) is 2.98. The molecule has 1 heterocycles. The van der Waals surface area contributed by atoms with Gasteiger partial charge in [0.15, 0.2) is 8.67 Å². The van der Waals surface area contributed by atoms with Crippen molar-refractivity contribution in [1.29, 1.82) is 0 Å². The third-order valence-corrected chi connectivity index (χ3v) is 8.52. The molecule has 4 rings (SSSR count). The Morgan fingerprint density at radius 2 is 1.57 bits per heavy atom. The molecule has 1 aromatic carbocycles. The molecule has 6 heteroatoms. The van der Waals surface area contributed by atoms with Crippen LogP contribution in [-0.2, 0) is 10.3 Å². The minimum Gasteiger partial charge on any atom is -0.391 e. The molecule has 2 fully saturated rings. The maximum absolute atomic E-state index is 6.31. The maximum Gasteiger partial charge on any atom is 0.165 e. The minimum atomic E-state index is -1.25. The van der Waals surface area contributed by atoms with Gasteiger partial charge >= 0.3 is 0 Å². The van der Waals surface area contributed by atoms with Crippen LogP contribution in [0.2, 0.25) is 0 Å². The van der Waals surface area contributed by atoms with E-state index in [1.165, 1.54) is 5.56 Å². The number of fused-ring (bicyclic) bond motifs is 1. The van der Waals surface area contributed by atoms with Crippen molar-refractivity contribution in [1.82, 2.24) is 0 Å². The number of hydrogen-bond acceptors (Lipinski definition) is 2. The number of nitrogens with zero attached hydrogens (tertiary/aromatic N) is 1. The first-order chi connectivity index (χ1) is 9.70. The van der Waals surface area contributed by atoms with Gasteiger partial charge in [0.2, 0.25) is 0 Å². The van der Waals surface area contributed by atoms with E-state index >= 15 is 0 Å². The second-order valence-corrected chi connectivity index (χ2v) is 9.06. The smallest absolute Gasteiger partial charge is 0.165 e. The van der Waals surface area contributed by atoms with E-state index in [0.29, 0.717) is 0 Å². The Morgan fingerprint density at radius 1 is 1.00 bits per heavy atom. The fourth-order valence-corrected chi connectivity index (χ4v) is 5.36. The summed E-state index contributed by atoms with van der Waals surface area (Å²) in [5, 5.41) is 4.19. The lowest BCUT2D eigenvalue weighted by molar-refractivity contribution is 0.122. The molecule has 2 nitrogen and oxygen atoms in total. The van der Waals surface area contributed by atoms with E-state index < -0.39 is 14.1 Å². The Hall–Kier alpha value is -0.150. The predicted molar refractivity (Wildman–Crippen MR) is 86.6 cm³/mol. The number of halogens is 4. The number of benzene rings is 1. The zero-order valence-electron chi connectivity index (χ0n) is 11.4. The van der Waals surface area contributed by atoms with E-state index in [2.05, 4.69) is 24.2 Å². The van der Waals surface area contributed by atoms with Gasteiger partial charge in [-0.15, -0.1) is 0 Å². The van der Waals surface area contributed by atoms with Crippen LogP contribution in [0.4, 0.5) is 0 Å². The topological polar surface area (TPSA) is 21.6 Å². The van der Waals surface area contributed by atoms with Gasteiger partial charge in [-0.05, 0) is 12.5 Å². The van der Waals surface area contributed by atoms with Crippen LogP contribution in [0.3, 0.4) is 0 Å². The molecule has 0 spiro atoms. The molecule has 3 aliphatic rings. The highest BCUT2D eigenvalue weighted by atomic mass is 35.5. The second-order valence-electron chi connectivity index (χ2n) is 6.40. The summed E-state index contributed by atoms with van der Waals surface area (Å²) in [6, 6.07) is 10.2. The van der Waals surface area contributed by atoms with Crippen LogP contribution < -0.4 is 0 Å². The van der Waals surface area contributed by atoms with E-state index in [9.17, 15) is 0 Å². The van der Waals surface area contributed by atoms with Gasteiger partial charge in [0.25, 0.3) is 0 Å². The zero-order chi connectivity index (χ0) is 15.3. The molecular weight excluding hydrogens is 352 g/mol.